The molecule has 0 nitrogen and oxygen atoms in total. The highest BCUT2D eigenvalue weighted by molar-refractivity contribution is 7.45. The predicted molar refractivity (Wildman–Crippen MR) is 304 cm³/mol. The second-order valence-corrected chi connectivity index (χ2v) is 26.4. The molecule has 0 radical (unpaired) electrons. The van der Waals surface area contributed by atoms with Crippen molar-refractivity contribution >= 4 is 106 Å². The summed E-state index contributed by atoms with van der Waals surface area (Å²) in [5.74, 6) is 0. The van der Waals surface area contributed by atoms with E-state index in [1.165, 1.54) is 231 Å². The molecule has 0 N–H and O–H groups in total. The zero-order valence-electron chi connectivity index (χ0n) is 41.9. The average molecular weight is 980 g/mol. The molecule has 0 aromatic carbocycles. The second kappa shape index (κ2) is 29.3. The molecule has 0 atom stereocenters. The first-order valence-electron chi connectivity index (χ1n) is 27.4. The normalized spacial score (nSPS) is 12.3. The topological polar surface area (TPSA) is 0 Å². The van der Waals surface area contributed by atoms with Gasteiger partial charge in [0.1, 0.15) is 0 Å². The summed E-state index contributed by atoms with van der Waals surface area (Å²) < 4.78 is 13.1. The smallest absolute Gasteiger partial charge is 0.0651 e. The van der Waals surface area contributed by atoms with Crippen molar-refractivity contribution < 1.29 is 0 Å². The minimum Gasteiger partial charge on any atom is -0.139 e. The Morgan fingerprint density at radius 3 is 0.797 bits per heavy atom. The number of rotatable bonds is 37. The van der Waals surface area contributed by atoms with Crippen molar-refractivity contribution in [2.45, 2.75) is 273 Å². The highest BCUT2D eigenvalue weighted by atomic mass is 32.1. The van der Waals surface area contributed by atoms with Crippen LogP contribution in [-0.4, -0.2) is 0 Å². The number of hydrogen-bond donors (Lipinski definition) is 0. The lowest BCUT2D eigenvalue weighted by molar-refractivity contribution is 0.576. The molecule has 0 bridgehead atoms. The molecule has 0 aliphatic heterocycles. The SMILES string of the molecule is CCCCCCCCCCc1c(C)sc2c(CCCCCCCCCC)c(-c3sc4c(sc5c6sc(C)c(CCCCCCCCCC)c6sc45)c3CCCCCCCCCC)sc12. The molecule has 0 fully saturated rings. The molecule has 6 heteroatoms. The standard InChI is InChI=1S/C58H90S6/c1-7-11-15-19-23-27-31-35-39-45-43(5)59-51-47(41-37-33-29-25-21-17-13-9-3)52(61-49(45)51)53-48(42-38-34-30-26-22-18-14-10-4)54-56(63-53)58-57(64-54)55-50(62-58)46(44(6)60-55)40-36-32-28-24-20-16-12-8-2/h7-42H2,1-6H3. The van der Waals surface area contributed by atoms with Gasteiger partial charge in [-0.3, -0.25) is 0 Å². The second-order valence-electron chi connectivity index (χ2n) is 19.8. The molecule has 6 rings (SSSR count). The Kier molecular flexibility index (Phi) is 24.1. The van der Waals surface area contributed by atoms with Crippen LogP contribution in [0.25, 0.3) is 47.4 Å². The molecule has 0 aliphatic carbocycles. The lowest BCUT2D eigenvalue weighted by Crippen LogP contribution is -1.90. The quantitative estimate of drug-likeness (QED) is 0.0341. The van der Waals surface area contributed by atoms with Crippen LogP contribution in [-0.2, 0) is 25.7 Å². The van der Waals surface area contributed by atoms with E-state index >= 15 is 0 Å². The Hall–Kier alpha value is -0.760. The van der Waals surface area contributed by atoms with Gasteiger partial charge in [-0.2, -0.15) is 0 Å². The van der Waals surface area contributed by atoms with E-state index < -0.39 is 0 Å². The van der Waals surface area contributed by atoms with E-state index in [4.69, 9.17) is 0 Å². The summed E-state index contributed by atoms with van der Waals surface area (Å²) >= 11 is 13.1. The first-order valence-corrected chi connectivity index (χ1v) is 32.3. The van der Waals surface area contributed by atoms with Gasteiger partial charge in [0.05, 0.1) is 28.2 Å². The van der Waals surface area contributed by atoms with Gasteiger partial charge in [0, 0.05) is 28.9 Å². The summed E-state index contributed by atoms with van der Waals surface area (Å²) in [6.07, 6.45) is 49.8. The number of unbranched alkanes of at least 4 members (excludes halogenated alkanes) is 28. The number of hydrogen-bond acceptors (Lipinski definition) is 6. The van der Waals surface area contributed by atoms with Gasteiger partial charge in [-0.15, -0.1) is 68.0 Å². The van der Waals surface area contributed by atoms with Gasteiger partial charge in [0.2, 0.25) is 0 Å². The predicted octanol–water partition coefficient (Wildman–Crippen LogP) is 23.7. The molecular weight excluding hydrogens is 889 g/mol. The van der Waals surface area contributed by atoms with Crippen LogP contribution in [0.15, 0.2) is 0 Å². The van der Waals surface area contributed by atoms with Gasteiger partial charge in [-0.1, -0.05) is 207 Å². The van der Waals surface area contributed by atoms with Crippen LogP contribution in [0.4, 0.5) is 0 Å². The fourth-order valence-corrected chi connectivity index (χ4v) is 19.7. The Morgan fingerprint density at radius 2 is 0.438 bits per heavy atom. The van der Waals surface area contributed by atoms with Crippen LogP contribution < -0.4 is 0 Å². The largest absolute Gasteiger partial charge is 0.139 e. The summed E-state index contributed by atoms with van der Waals surface area (Å²) in [5, 5.41) is 0. The summed E-state index contributed by atoms with van der Waals surface area (Å²) in [7, 11) is 0. The molecule has 0 saturated carbocycles. The van der Waals surface area contributed by atoms with Crippen molar-refractivity contribution in [1.29, 1.82) is 0 Å². The summed E-state index contributed by atoms with van der Waals surface area (Å²) in [4.78, 5) is 6.56. The Balaban J connectivity index is 1.29. The molecule has 6 heterocycles. The molecule has 358 valence electrons. The monoisotopic (exact) mass is 979 g/mol. The van der Waals surface area contributed by atoms with Crippen LogP contribution in [0.5, 0.6) is 0 Å². The maximum absolute atomic E-state index is 2.45. The zero-order valence-corrected chi connectivity index (χ0v) is 46.8. The van der Waals surface area contributed by atoms with Crippen molar-refractivity contribution in [2.24, 2.45) is 0 Å². The lowest BCUT2D eigenvalue weighted by atomic mass is 10.0. The first-order chi connectivity index (χ1) is 31.5. The third-order valence-electron chi connectivity index (χ3n) is 14.4. The summed E-state index contributed by atoms with van der Waals surface area (Å²) in [6.45, 7) is 14.2. The van der Waals surface area contributed by atoms with Gasteiger partial charge >= 0.3 is 0 Å². The van der Waals surface area contributed by atoms with Gasteiger partial charge in [-0.25, -0.2) is 0 Å². The van der Waals surface area contributed by atoms with Gasteiger partial charge in [0.25, 0.3) is 0 Å². The van der Waals surface area contributed by atoms with E-state index in [0.29, 0.717) is 0 Å². The van der Waals surface area contributed by atoms with Crippen molar-refractivity contribution in [3.63, 3.8) is 0 Å². The van der Waals surface area contributed by atoms with E-state index in [0.717, 1.165) is 0 Å². The van der Waals surface area contributed by atoms with Gasteiger partial charge in [-0.05, 0) is 87.5 Å². The van der Waals surface area contributed by atoms with Crippen LogP contribution >= 0.6 is 68.0 Å². The van der Waals surface area contributed by atoms with E-state index in [9.17, 15) is 0 Å². The van der Waals surface area contributed by atoms with E-state index in [-0.39, 0.29) is 0 Å². The van der Waals surface area contributed by atoms with Crippen LogP contribution in [0.2, 0.25) is 0 Å². The molecule has 6 aromatic heterocycles. The van der Waals surface area contributed by atoms with Crippen molar-refractivity contribution in [3.05, 3.63) is 32.0 Å². The maximum Gasteiger partial charge on any atom is 0.0651 e. The van der Waals surface area contributed by atoms with Gasteiger partial charge < -0.3 is 0 Å². The fraction of sp³-hybridized carbons (Fsp3) is 0.724. The Labute approximate surface area is 416 Å². The van der Waals surface area contributed by atoms with E-state index in [2.05, 4.69) is 110 Å². The third-order valence-corrected chi connectivity index (χ3v) is 22.8. The summed E-state index contributed by atoms with van der Waals surface area (Å²) in [6, 6.07) is 0. The minimum atomic E-state index is 1.25. The molecule has 0 spiro atoms. The molecule has 0 unspecified atom stereocenters. The number of thiophene rings is 6. The van der Waals surface area contributed by atoms with E-state index in [1.807, 2.05) is 0 Å². The molecular formula is C58H90S6. The molecule has 0 saturated heterocycles. The van der Waals surface area contributed by atoms with Crippen molar-refractivity contribution in [3.8, 4) is 9.75 Å². The van der Waals surface area contributed by atoms with Crippen LogP contribution in [0.3, 0.4) is 0 Å². The zero-order chi connectivity index (χ0) is 44.9. The first kappa shape index (κ1) is 52.6. The van der Waals surface area contributed by atoms with Crippen LogP contribution in [0.1, 0.15) is 265 Å². The average Bonchev–Trinajstić information content (AvgIpc) is 4.12. The summed E-state index contributed by atoms with van der Waals surface area (Å²) in [5.41, 5.74) is 6.86. The maximum atomic E-state index is 2.45. The lowest BCUT2D eigenvalue weighted by Gasteiger charge is -2.08. The fourth-order valence-electron chi connectivity index (χ4n) is 10.4. The van der Waals surface area contributed by atoms with Crippen molar-refractivity contribution in [1.82, 2.24) is 0 Å². The van der Waals surface area contributed by atoms with E-state index in [1.54, 1.807) is 79.4 Å². The minimum absolute atomic E-state index is 1.25. The van der Waals surface area contributed by atoms with Crippen molar-refractivity contribution in [2.75, 3.05) is 0 Å². The number of aryl methyl sites for hydroxylation is 6. The van der Waals surface area contributed by atoms with Crippen LogP contribution in [0, 0.1) is 13.8 Å². The third kappa shape index (κ3) is 14.6. The highest BCUT2D eigenvalue weighted by Gasteiger charge is 2.27. The Morgan fingerprint density at radius 1 is 0.219 bits per heavy atom. The number of fused-ring (bicyclic) bond motifs is 6. The highest BCUT2D eigenvalue weighted by Crippen LogP contribution is 2.57. The van der Waals surface area contributed by atoms with Gasteiger partial charge in [0.15, 0.2) is 0 Å². The molecule has 6 aromatic rings. The Bertz CT molecular complexity index is 2190. The molecule has 0 aliphatic rings. The molecule has 64 heavy (non-hydrogen) atoms. The molecule has 0 amide bonds.